The highest BCUT2D eigenvalue weighted by atomic mass is 19.1. The van der Waals surface area contributed by atoms with Crippen LogP contribution in [0.1, 0.15) is 73.9 Å². The van der Waals surface area contributed by atoms with Gasteiger partial charge in [0.05, 0.1) is 5.56 Å². The summed E-state index contributed by atoms with van der Waals surface area (Å²) < 4.78 is 19.4. The minimum Gasteiger partial charge on any atom is -0.338 e. The van der Waals surface area contributed by atoms with E-state index in [4.69, 9.17) is 4.52 Å². The van der Waals surface area contributed by atoms with Crippen LogP contribution in [0.15, 0.2) is 28.8 Å². The van der Waals surface area contributed by atoms with E-state index in [1.54, 1.807) is 12.1 Å². The van der Waals surface area contributed by atoms with Gasteiger partial charge in [-0.2, -0.15) is 4.98 Å². The summed E-state index contributed by atoms with van der Waals surface area (Å²) in [5.74, 6) is 0.213. The summed E-state index contributed by atoms with van der Waals surface area (Å²) in [6.45, 7) is 3.97. The lowest BCUT2D eigenvalue weighted by atomic mass is 9.81. The molecule has 0 saturated heterocycles. The normalized spacial score (nSPS) is 17.0. The first kappa shape index (κ1) is 16.6. The van der Waals surface area contributed by atoms with E-state index in [9.17, 15) is 9.18 Å². The lowest BCUT2D eigenvalue weighted by Crippen LogP contribution is -2.47. The molecule has 6 heteroatoms. The zero-order valence-electron chi connectivity index (χ0n) is 14.0. The summed E-state index contributed by atoms with van der Waals surface area (Å²) in [7, 11) is 0. The van der Waals surface area contributed by atoms with Crippen molar-refractivity contribution in [2.24, 2.45) is 0 Å². The maximum absolute atomic E-state index is 13.9. The molecule has 1 aromatic carbocycles. The Morgan fingerprint density at radius 2 is 1.96 bits per heavy atom. The van der Waals surface area contributed by atoms with Crippen LogP contribution in [-0.2, 0) is 5.54 Å². The minimum atomic E-state index is -0.711. The topological polar surface area (TPSA) is 68.0 Å². The number of carbonyl (C=O) groups is 1. The van der Waals surface area contributed by atoms with Gasteiger partial charge >= 0.3 is 0 Å². The number of aromatic nitrogens is 2. The molecule has 1 fully saturated rings. The van der Waals surface area contributed by atoms with E-state index in [0.29, 0.717) is 24.6 Å². The maximum Gasteiger partial charge on any atom is 0.255 e. The standard InChI is InChI=1S/C18H22FN3O2/c1-12(2)15-20-17(24-22-15)18(10-6-3-7-11-18)21-16(23)13-8-4-5-9-14(13)19/h4-5,8-9,12H,3,6-7,10-11H2,1-2H3,(H,21,23). The number of nitrogens with zero attached hydrogens (tertiary/aromatic N) is 2. The lowest BCUT2D eigenvalue weighted by Gasteiger charge is -2.34. The predicted octanol–water partition coefficient (Wildman–Crippen LogP) is 3.92. The fourth-order valence-electron chi connectivity index (χ4n) is 3.14. The van der Waals surface area contributed by atoms with Crippen molar-refractivity contribution in [3.05, 3.63) is 47.4 Å². The van der Waals surface area contributed by atoms with E-state index in [2.05, 4.69) is 15.5 Å². The van der Waals surface area contributed by atoms with Crippen molar-refractivity contribution in [2.75, 3.05) is 0 Å². The van der Waals surface area contributed by atoms with Crippen LogP contribution in [0.25, 0.3) is 0 Å². The second-order valence-corrected chi connectivity index (χ2v) is 6.69. The van der Waals surface area contributed by atoms with E-state index in [0.717, 1.165) is 19.3 Å². The van der Waals surface area contributed by atoms with Crippen LogP contribution < -0.4 is 5.32 Å². The molecule has 0 atom stereocenters. The smallest absolute Gasteiger partial charge is 0.255 e. The van der Waals surface area contributed by atoms with Gasteiger partial charge in [0, 0.05) is 5.92 Å². The number of hydrogen-bond acceptors (Lipinski definition) is 4. The minimum absolute atomic E-state index is 0.0334. The van der Waals surface area contributed by atoms with Gasteiger partial charge in [-0.05, 0) is 25.0 Å². The molecule has 5 nitrogen and oxygen atoms in total. The Balaban J connectivity index is 1.91. The van der Waals surface area contributed by atoms with E-state index in [1.807, 2.05) is 13.8 Å². The molecule has 0 radical (unpaired) electrons. The molecule has 2 aromatic rings. The Labute approximate surface area is 140 Å². The van der Waals surface area contributed by atoms with Crippen molar-refractivity contribution in [1.82, 2.24) is 15.5 Å². The van der Waals surface area contributed by atoms with Crippen LogP contribution in [0.5, 0.6) is 0 Å². The molecule has 0 aliphatic heterocycles. The molecule has 1 heterocycles. The predicted molar refractivity (Wildman–Crippen MR) is 87.0 cm³/mol. The van der Waals surface area contributed by atoms with Gasteiger partial charge in [0.15, 0.2) is 5.82 Å². The highest BCUT2D eigenvalue weighted by molar-refractivity contribution is 5.95. The summed E-state index contributed by atoms with van der Waals surface area (Å²) in [5, 5.41) is 7.00. The summed E-state index contributed by atoms with van der Waals surface area (Å²) in [6, 6.07) is 5.98. The van der Waals surface area contributed by atoms with Crippen molar-refractivity contribution in [3.63, 3.8) is 0 Å². The lowest BCUT2D eigenvalue weighted by molar-refractivity contribution is 0.0820. The Morgan fingerprint density at radius 3 is 2.58 bits per heavy atom. The SMILES string of the molecule is CC(C)c1noc(C2(NC(=O)c3ccccc3F)CCCCC2)n1. The molecule has 0 unspecified atom stereocenters. The van der Waals surface area contributed by atoms with Crippen LogP contribution in [0, 0.1) is 5.82 Å². The molecule has 1 aliphatic carbocycles. The Morgan fingerprint density at radius 1 is 1.25 bits per heavy atom. The number of halogens is 1. The van der Waals surface area contributed by atoms with Crippen LogP contribution in [0.4, 0.5) is 4.39 Å². The first-order chi connectivity index (χ1) is 11.5. The molecule has 0 bridgehead atoms. The molecule has 3 rings (SSSR count). The van der Waals surface area contributed by atoms with Crippen molar-refractivity contribution in [3.8, 4) is 0 Å². The average Bonchev–Trinajstić information content (AvgIpc) is 3.07. The van der Waals surface area contributed by atoms with Crippen LogP contribution >= 0.6 is 0 Å². The number of amides is 1. The first-order valence-corrected chi connectivity index (χ1v) is 8.43. The quantitative estimate of drug-likeness (QED) is 0.922. The monoisotopic (exact) mass is 331 g/mol. The molecule has 1 amide bonds. The number of carbonyl (C=O) groups excluding carboxylic acids is 1. The van der Waals surface area contributed by atoms with Gasteiger partial charge < -0.3 is 9.84 Å². The third-order valence-corrected chi connectivity index (χ3v) is 4.55. The summed E-state index contributed by atoms with van der Waals surface area (Å²) >= 11 is 0. The van der Waals surface area contributed by atoms with Crippen molar-refractivity contribution in [1.29, 1.82) is 0 Å². The molecule has 1 saturated carbocycles. The largest absolute Gasteiger partial charge is 0.338 e. The Kier molecular flexibility index (Phi) is 4.64. The van der Waals surface area contributed by atoms with Crippen molar-refractivity contribution < 1.29 is 13.7 Å². The number of hydrogen-bond donors (Lipinski definition) is 1. The van der Waals surface area contributed by atoms with E-state index < -0.39 is 17.3 Å². The van der Waals surface area contributed by atoms with Crippen LogP contribution in [0.2, 0.25) is 0 Å². The van der Waals surface area contributed by atoms with Gasteiger partial charge in [-0.3, -0.25) is 4.79 Å². The van der Waals surface area contributed by atoms with Gasteiger partial charge in [0.1, 0.15) is 11.4 Å². The molecule has 1 aromatic heterocycles. The first-order valence-electron chi connectivity index (χ1n) is 8.43. The van der Waals surface area contributed by atoms with Crippen molar-refractivity contribution >= 4 is 5.91 Å². The van der Waals surface area contributed by atoms with Gasteiger partial charge in [0.2, 0.25) is 0 Å². The zero-order chi connectivity index (χ0) is 17.2. The summed E-state index contributed by atoms with van der Waals surface area (Å²) in [5.41, 5.74) is -0.677. The van der Waals surface area contributed by atoms with Crippen LogP contribution in [-0.4, -0.2) is 16.0 Å². The number of benzene rings is 1. The fourth-order valence-corrected chi connectivity index (χ4v) is 3.14. The van der Waals surface area contributed by atoms with Gasteiger partial charge in [0.25, 0.3) is 11.8 Å². The number of nitrogens with one attached hydrogen (secondary N) is 1. The second kappa shape index (κ2) is 6.71. The molecule has 128 valence electrons. The summed E-state index contributed by atoms with van der Waals surface area (Å²) in [4.78, 5) is 17.1. The third-order valence-electron chi connectivity index (χ3n) is 4.55. The molecule has 24 heavy (non-hydrogen) atoms. The maximum atomic E-state index is 13.9. The van der Waals surface area contributed by atoms with Crippen molar-refractivity contribution in [2.45, 2.75) is 57.4 Å². The van der Waals surface area contributed by atoms with Gasteiger partial charge in [-0.15, -0.1) is 0 Å². The third kappa shape index (κ3) is 3.18. The molecule has 1 N–H and O–H groups in total. The van der Waals surface area contributed by atoms with Gasteiger partial charge in [-0.25, -0.2) is 4.39 Å². The number of rotatable bonds is 4. The Hall–Kier alpha value is -2.24. The fraction of sp³-hybridized carbons (Fsp3) is 0.500. The average molecular weight is 331 g/mol. The Bertz CT molecular complexity index is 721. The van der Waals surface area contributed by atoms with E-state index >= 15 is 0 Å². The highest BCUT2D eigenvalue weighted by Crippen LogP contribution is 2.37. The second-order valence-electron chi connectivity index (χ2n) is 6.69. The molecular weight excluding hydrogens is 309 g/mol. The summed E-state index contributed by atoms with van der Waals surface area (Å²) in [6.07, 6.45) is 4.44. The van der Waals surface area contributed by atoms with Crippen LogP contribution in [0.3, 0.4) is 0 Å². The van der Waals surface area contributed by atoms with E-state index in [1.165, 1.54) is 12.1 Å². The molecule has 0 spiro atoms. The highest BCUT2D eigenvalue weighted by Gasteiger charge is 2.41. The molecule has 1 aliphatic rings. The zero-order valence-corrected chi connectivity index (χ0v) is 14.0. The van der Waals surface area contributed by atoms with Gasteiger partial charge in [-0.1, -0.05) is 50.4 Å². The molecular formula is C18H22FN3O2. The van der Waals surface area contributed by atoms with E-state index in [-0.39, 0.29) is 11.5 Å².